The molecule has 0 radical (unpaired) electrons. The molecule has 2 saturated heterocycles. The molecule has 1 aromatic carbocycles. The van der Waals surface area contributed by atoms with Gasteiger partial charge in [0.2, 0.25) is 0 Å². The van der Waals surface area contributed by atoms with Crippen molar-refractivity contribution in [2.45, 2.75) is 45.3 Å². The Bertz CT molecular complexity index is 648. The number of benzene rings is 1. The molecule has 0 spiro atoms. The monoisotopic (exact) mass is 410 g/mol. The first-order valence-corrected chi connectivity index (χ1v) is 10.1. The van der Waals surface area contributed by atoms with Crippen LogP contribution in [0.4, 0.5) is 11.4 Å². The predicted octanol–water partition coefficient (Wildman–Crippen LogP) is 2.98. The Hall–Kier alpha value is -1.50. The number of hydrogen-bond donors (Lipinski definition) is 2. The maximum Gasteiger partial charge on any atom is 0.340 e. The summed E-state index contributed by atoms with van der Waals surface area (Å²) in [4.78, 5) is 17.5. The lowest BCUT2D eigenvalue weighted by atomic mass is 10.0. The number of nitrogens with one attached hydrogen (secondary N) is 2. The van der Waals surface area contributed by atoms with Gasteiger partial charge in [-0.25, -0.2) is 4.79 Å². The van der Waals surface area contributed by atoms with Crippen LogP contribution in [0.15, 0.2) is 18.2 Å². The van der Waals surface area contributed by atoms with Crippen molar-refractivity contribution < 1.29 is 9.53 Å². The molecule has 2 aliphatic rings. The van der Waals surface area contributed by atoms with E-state index in [2.05, 4.69) is 39.6 Å². The minimum absolute atomic E-state index is 0. The zero-order chi connectivity index (χ0) is 19.4. The highest BCUT2D eigenvalue weighted by Gasteiger charge is 2.24. The first-order chi connectivity index (χ1) is 12.8. The van der Waals surface area contributed by atoms with Crippen molar-refractivity contribution in [3.05, 3.63) is 23.8 Å². The third-order valence-corrected chi connectivity index (χ3v) is 5.15. The fourth-order valence-corrected chi connectivity index (χ4v) is 3.62. The molecule has 2 aliphatic heterocycles. The van der Waals surface area contributed by atoms with Crippen LogP contribution in [0, 0.1) is 0 Å². The topological polar surface area (TPSA) is 56.8 Å². The second kappa shape index (κ2) is 9.81. The summed E-state index contributed by atoms with van der Waals surface area (Å²) < 4.78 is 5.64. The van der Waals surface area contributed by atoms with E-state index in [-0.39, 0.29) is 18.4 Å². The third kappa shape index (κ3) is 6.26. The van der Waals surface area contributed by atoms with Crippen LogP contribution in [-0.4, -0.2) is 68.8 Å². The van der Waals surface area contributed by atoms with Gasteiger partial charge in [-0.05, 0) is 65.4 Å². The molecule has 7 heteroatoms. The number of esters is 1. The van der Waals surface area contributed by atoms with E-state index in [1.807, 2.05) is 26.8 Å². The van der Waals surface area contributed by atoms with Gasteiger partial charge in [-0.3, -0.25) is 0 Å². The average Bonchev–Trinajstić information content (AvgIpc) is 2.61. The summed E-state index contributed by atoms with van der Waals surface area (Å²) in [6.45, 7) is 11.8. The highest BCUT2D eigenvalue weighted by atomic mass is 35.5. The lowest BCUT2D eigenvalue weighted by Gasteiger charge is -2.34. The number of piperidine rings is 1. The molecule has 28 heavy (non-hydrogen) atoms. The minimum atomic E-state index is -0.503. The summed E-state index contributed by atoms with van der Waals surface area (Å²) in [5.41, 5.74) is 2.17. The fourth-order valence-electron chi connectivity index (χ4n) is 3.62. The maximum atomic E-state index is 12.8. The van der Waals surface area contributed by atoms with E-state index >= 15 is 0 Å². The zero-order valence-corrected chi connectivity index (χ0v) is 18.4. The van der Waals surface area contributed by atoms with Crippen molar-refractivity contribution >= 4 is 29.8 Å². The molecule has 1 atom stereocenters. The highest BCUT2D eigenvalue weighted by Crippen LogP contribution is 2.28. The number of likely N-dealkylation sites (N-methyl/N-ethyl adjacent to an activating group) is 1. The van der Waals surface area contributed by atoms with Crippen LogP contribution in [0.3, 0.4) is 0 Å². The average molecular weight is 411 g/mol. The van der Waals surface area contributed by atoms with Gasteiger partial charge in [0, 0.05) is 44.5 Å². The van der Waals surface area contributed by atoms with Crippen molar-refractivity contribution in [3.8, 4) is 0 Å². The second-order valence-corrected chi connectivity index (χ2v) is 8.71. The molecule has 2 heterocycles. The van der Waals surface area contributed by atoms with E-state index in [0.29, 0.717) is 11.6 Å². The van der Waals surface area contributed by atoms with E-state index in [4.69, 9.17) is 4.74 Å². The number of carbonyl (C=O) groups excluding carboxylic acids is 1. The number of piperazine rings is 1. The molecule has 3 rings (SSSR count). The van der Waals surface area contributed by atoms with E-state index < -0.39 is 5.60 Å². The Kier molecular flexibility index (Phi) is 7.98. The molecule has 2 fully saturated rings. The Balaban J connectivity index is 0.00000280. The molecule has 2 N–H and O–H groups in total. The molecule has 1 aromatic rings. The predicted molar refractivity (Wildman–Crippen MR) is 118 cm³/mol. The van der Waals surface area contributed by atoms with Crippen LogP contribution in [-0.2, 0) is 4.74 Å². The van der Waals surface area contributed by atoms with Crippen molar-refractivity contribution in [3.63, 3.8) is 0 Å². The lowest BCUT2D eigenvalue weighted by Crippen LogP contribution is -2.44. The Morgan fingerprint density at radius 2 is 1.93 bits per heavy atom. The first-order valence-electron chi connectivity index (χ1n) is 10.1. The lowest BCUT2D eigenvalue weighted by molar-refractivity contribution is 0.00706. The van der Waals surface area contributed by atoms with Crippen LogP contribution >= 0.6 is 12.4 Å². The van der Waals surface area contributed by atoms with Crippen molar-refractivity contribution in [1.82, 2.24) is 10.2 Å². The standard InChI is InChI=1S/C21H34N4O2.ClH/c1-21(2,3)27-20(26)18-8-7-17(25-12-10-24(4)11-13-25)14-19(18)23-16-6-5-9-22-15-16;/h7-8,14,16,22-23H,5-6,9-13,15H2,1-4H3;1H. The van der Waals surface area contributed by atoms with Crippen molar-refractivity contribution in [2.24, 2.45) is 0 Å². The van der Waals surface area contributed by atoms with Crippen molar-refractivity contribution in [2.75, 3.05) is 56.5 Å². The van der Waals surface area contributed by atoms with Crippen LogP contribution < -0.4 is 15.5 Å². The summed E-state index contributed by atoms with van der Waals surface area (Å²) >= 11 is 0. The summed E-state index contributed by atoms with van der Waals surface area (Å²) in [5, 5.41) is 7.03. The van der Waals surface area contributed by atoms with Gasteiger partial charge < -0.3 is 25.2 Å². The van der Waals surface area contributed by atoms with Gasteiger partial charge in [0.05, 0.1) is 11.3 Å². The number of hydrogen-bond acceptors (Lipinski definition) is 6. The van der Waals surface area contributed by atoms with Gasteiger partial charge >= 0.3 is 5.97 Å². The summed E-state index contributed by atoms with van der Waals surface area (Å²) in [6, 6.07) is 6.43. The van der Waals surface area contributed by atoms with E-state index in [9.17, 15) is 4.79 Å². The summed E-state index contributed by atoms with van der Waals surface area (Å²) in [5.74, 6) is -0.265. The largest absolute Gasteiger partial charge is 0.456 e. The SMILES string of the molecule is CN1CCN(c2ccc(C(=O)OC(C)(C)C)c(NC3CCCNC3)c2)CC1.Cl. The Morgan fingerprint density at radius 1 is 1.21 bits per heavy atom. The smallest absolute Gasteiger partial charge is 0.340 e. The molecule has 0 amide bonds. The van der Waals surface area contributed by atoms with E-state index in [1.54, 1.807) is 0 Å². The molecule has 6 nitrogen and oxygen atoms in total. The quantitative estimate of drug-likeness (QED) is 0.744. The molecule has 0 aromatic heterocycles. The number of ether oxygens (including phenoxy) is 1. The fraction of sp³-hybridized carbons (Fsp3) is 0.667. The van der Waals surface area contributed by atoms with Gasteiger partial charge in [0.1, 0.15) is 5.60 Å². The van der Waals surface area contributed by atoms with Crippen LogP contribution in [0.1, 0.15) is 44.0 Å². The minimum Gasteiger partial charge on any atom is -0.456 e. The zero-order valence-electron chi connectivity index (χ0n) is 17.6. The Labute approximate surface area is 175 Å². The number of halogens is 1. The molecule has 0 bridgehead atoms. The molecule has 1 unspecified atom stereocenters. The van der Waals surface area contributed by atoms with Gasteiger partial charge in [-0.2, -0.15) is 0 Å². The number of nitrogens with zero attached hydrogens (tertiary/aromatic N) is 2. The molecule has 0 saturated carbocycles. The van der Waals surface area contributed by atoms with Gasteiger partial charge in [0.15, 0.2) is 0 Å². The van der Waals surface area contributed by atoms with E-state index in [0.717, 1.165) is 57.8 Å². The van der Waals surface area contributed by atoms with Crippen molar-refractivity contribution in [1.29, 1.82) is 0 Å². The number of anilines is 2. The number of rotatable bonds is 4. The normalized spacial score (nSPS) is 21.0. The van der Waals surface area contributed by atoms with Crippen LogP contribution in [0.2, 0.25) is 0 Å². The van der Waals surface area contributed by atoms with Gasteiger partial charge in [0.25, 0.3) is 0 Å². The first kappa shape index (κ1) is 22.8. The summed E-state index contributed by atoms with van der Waals surface area (Å²) in [6.07, 6.45) is 2.26. The highest BCUT2D eigenvalue weighted by molar-refractivity contribution is 5.96. The van der Waals surface area contributed by atoms with Crippen LogP contribution in [0.5, 0.6) is 0 Å². The third-order valence-electron chi connectivity index (χ3n) is 5.15. The number of carbonyl (C=O) groups is 1. The molecular weight excluding hydrogens is 376 g/mol. The second-order valence-electron chi connectivity index (χ2n) is 8.71. The van der Waals surface area contributed by atoms with E-state index in [1.165, 1.54) is 5.69 Å². The Morgan fingerprint density at radius 3 is 2.54 bits per heavy atom. The molecule has 0 aliphatic carbocycles. The maximum absolute atomic E-state index is 12.8. The summed E-state index contributed by atoms with van der Waals surface area (Å²) in [7, 11) is 2.16. The van der Waals surface area contributed by atoms with Gasteiger partial charge in [-0.1, -0.05) is 0 Å². The molecule has 158 valence electrons. The van der Waals surface area contributed by atoms with Crippen LogP contribution in [0.25, 0.3) is 0 Å². The molecular formula is C21H35ClN4O2. The van der Waals surface area contributed by atoms with Gasteiger partial charge in [-0.15, -0.1) is 12.4 Å².